The maximum Gasteiger partial charge on any atom is 0.239 e. The number of phenolic OH excluding ortho intramolecular Hbond substituents is 1. The SMILES string of the molecule is CN1C([C@@H]2CSC(c3ccccc3O)=N2)SC[C@@H]1C(=O)Cl. The Morgan fingerprint density at radius 1 is 1.43 bits per heavy atom. The Morgan fingerprint density at radius 3 is 2.86 bits per heavy atom. The highest BCUT2D eigenvalue weighted by Crippen LogP contribution is 2.37. The lowest BCUT2D eigenvalue weighted by Gasteiger charge is -2.25. The molecule has 0 spiro atoms. The zero-order chi connectivity index (χ0) is 15.0. The molecule has 1 fully saturated rings. The van der Waals surface area contributed by atoms with Crippen molar-refractivity contribution in [1.82, 2.24) is 4.90 Å². The van der Waals surface area contributed by atoms with Gasteiger partial charge < -0.3 is 5.11 Å². The average Bonchev–Trinajstić information content (AvgIpc) is 3.05. The van der Waals surface area contributed by atoms with E-state index in [1.807, 2.05) is 24.1 Å². The van der Waals surface area contributed by atoms with Crippen molar-refractivity contribution in [3.8, 4) is 5.75 Å². The molecule has 7 heteroatoms. The second kappa shape index (κ2) is 6.20. The van der Waals surface area contributed by atoms with Crippen LogP contribution in [0.3, 0.4) is 0 Å². The molecule has 0 bridgehead atoms. The minimum absolute atomic E-state index is 0.112. The number of carbonyl (C=O) groups is 1. The summed E-state index contributed by atoms with van der Waals surface area (Å²) >= 11 is 9.00. The minimum atomic E-state index is -0.303. The summed E-state index contributed by atoms with van der Waals surface area (Å²) in [5.41, 5.74) is 0.778. The second-order valence-electron chi connectivity index (χ2n) is 5.04. The van der Waals surface area contributed by atoms with E-state index in [0.717, 1.165) is 16.4 Å². The lowest BCUT2D eigenvalue weighted by atomic mass is 10.2. The number of rotatable bonds is 3. The number of thioether (sulfide) groups is 2. The first-order valence-corrected chi connectivity index (χ1v) is 9.01. The Balaban J connectivity index is 1.78. The summed E-state index contributed by atoms with van der Waals surface area (Å²) in [5.74, 6) is 1.83. The van der Waals surface area contributed by atoms with Crippen molar-refractivity contribution in [2.45, 2.75) is 17.5 Å². The van der Waals surface area contributed by atoms with Gasteiger partial charge in [0, 0.05) is 17.1 Å². The topological polar surface area (TPSA) is 52.9 Å². The number of halogens is 1. The summed E-state index contributed by atoms with van der Waals surface area (Å²) in [6, 6.07) is 7.12. The fraction of sp³-hybridized carbons (Fsp3) is 0.429. The molecule has 112 valence electrons. The van der Waals surface area contributed by atoms with Crippen LogP contribution in [0, 0.1) is 0 Å². The molecule has 3 atom stereocenters. The van der Waals surface area contributed by atoms with E-state index < -0.39 is 0 Å². The largest absolute Gasteiger partial charge is 0.507 e. The highest BCUT2D eigenvalue weighted by atomic mass is 35.5. The van der Waals surface area contributed by atoms with Gasteiger partial charge in [-0.05, 0) is 30.8 Å². The van der Waals surface area contributed by atoms with Crippen molar-refractivity contribution in [2.75, 3.05) is 18.6 Å². The third-order valence-corrected chi connectivity index (χ3v) is 6.57. The number of para-hydroxylation sites is 1. The number of hydrogen-bond donors (Lipinski definition) is 1. The Bertz CT molecular complexity index is 596. The lowest BCUT2D eigenvalue weighted by molar-refractivity contribution is -0.115. The van der Waals surface area contributed by atoms with Crippen molar-refractivity contribution in [2.24, 2.45) is 4.99 Å². The number of aromatic hydroxyl groups is 1. The molecule has 21 heavy (non-hydrogen) atoms. The van der Waals surface area contributed by atoms with Crippen molar-refractivity contribution in [3.63, 3.8) is 0 Å². The van der Waals surface area contributed by atoms with Crippen LogP contribution in [0.4, 0.5) is 0 Å². The molecule has 1 saturated heterocycles. The monoisotopic (exact) mass is 342 g/mol. The molecule has 2 heterocycles. The van der Waals surface area contributed by atoms with Crippen LogP contribution in [0.15, 0.2) is 29.3 Å². The van der Waals surface area contributed by atoms with Gasteiger partial charge in [0.05, 0.1) is 17.5 Å². The van der Waals surface area contributed by atoms with Gasteiger partial charge in [0.25, 0.3) is 0 Å². The summed E-state index contributed by atoms with van der Waals surface area (Å²) < 4.78 is 0. The van der Waals surface area contributed by atoms with Gasteiger partial charge in [0.2, 0.25) is 5.24 Å². The van der Waals surface area contributed by atoms with Gasteiger partial charge in [-0.1, -0.05) is 12.1 Å². The van der Waals surface area contributed by atoms with E-state index >= 15 is 0 Å². The molecule has 0 amide bonds. The van der Waals surface area contributed by atoms with Gasteiger partial charge >= 0.3 is 0 Å². The number of hydrogen-bond acceptors (Lipinski definition) is 6. The number of carbonyl (C=O) groups excluding carboxylic acids is 1. The maximum atomic E-state index is 11.4. The lowest BCUT2D eigenvalue weighted by Crippen LogP contribution is -2.41. The van der Waals surface area contributed by atoms with Crippen LogP contribution in [-0.4, -0.2) is 56.3 Å². The van der Waals surface area contributed by atoms with Gasteiger partial charge in [-0.15, -0.1) is 23.5 Å². The van der Waals surface area contributed by atoms with Crippen LogP contribution < -0.4 is 0 Å². The summed E-state index contributed by atoms with van der Waals surface area (Å²) in [6.45, 7) is 0. The first-order valence-electron chi connectivity index (χ1n) is 6.60. The van der Waals surface area contributed by atoms with Crippen LogP contribution in [-0.2, 0) is 4.79 Å². The standard InChI is InChI=1S/C14H15ClN2O2S2/c1-17-10(12(15)19)7-21-14(17)9-6-20-13(16-9)8-4-2-3-5-11(8)18/h2-5,9-10,14,18H,6-7H2,1H3/t9-,10+,14?/m0/s1. The molecule has 1 aromatic rings. The van der Waals surface area contributed by atoms with Crippen LogP contribution >= 0.6 is 35.1 Å². The number of benzene rings is 1. The molecule has 1 aromatic carbocycles. The Morgan fingerprint density at radius 2 is 2.19 bits per heavy atom. The summed E-state index contributed by atoms with van der Waals surface area (Å²) in [4.78, 5) is 18.1. The number of nitrogens with zero attached hydrogens (tertiary/aromatic N) is 2. The highest BCUT2D eigenvalue weighted by Gasteiger charge is 2.41. The van der Waals surface area contributed by atoms with Crippen molar-refractivity contribution >= 4 is 45.4 Å². The molecule has 3 rings (SSSR count). The predicted octanol–water partition coefficient (Wildman–Crippen LogP) is 2.39. The first kappa shape index (κ1) is 15.2. The van der Waals surface area contributed by atoms with Crippen LogP contribution in [0.1, 0.15) is 5.56 Å². The van der Waals surface area contributed by atoms with Gasteiger partial charge in [-0.2, -0.15) is 0 Å². The van der Waals surface area contributed by atoms with E-state index in [9.17, 15) is 9.90 Å². The van der Waals surface area contributed by atoms with Crippen LogP contribution in [0.2, 0.25) is 0 Å². The average molecular weight is 343 g/mol. The molecule has 0 aromatic heterocycles. The maximum absolute atomic E-state index is 11.4. The smallest absolute Gasteiger partial charge is 0.239 e. The molecular formula is C14H15ClN2O2S2. The highest BCUT2D eigenvalue weighted by molar-refractivity contribution is 8.14. The third kappa shape index (κ3) is 2.95. The first-order chi connectivity index (χ1) is 10.1. The van der Waals surface area contributed by atoms with E-state index in [0.29, 0.717) is 5.75 Å². The molecule has 4 nitrogen and oxygen atoms in total. The normalized spacial score (nSPS) is 29.6. The molecule has 2 aliphatic rings. The summed E-state index contributed by atoms with van der Waals surface area (Å²) in [5, 5.41) is 10.6. The van der Waals surface area contributed by atoms with E-state index in [1.165, 1.54) is 0 Å². The van der Waals surface area contributed by atoms with Crippen LogP contribution in [0.25, 0.3) is 0 Å². The van der Waals surface area contributed by atoms with E-state index in [2.05, 4.69) is 0 Å². The quantitative estimate of drug-likeness (QED) is 0.855. The van der Waals surface area contributed by atoms with Gasteiger partial charge in [0.1, 0.15) is 10.8 Å². The van der Waals surface area contributed by atoms with Crippen molar-refractivity contribution in [1.29, 1.82) is 0 Å². The third-order valence-electron chi connectivity index (χ3n) is 3.72. The predicted molar refractivity (Wildman–Crippen MR) is 89.5 cm³/mol. The van der Waals surface area contributed by atoms with E-state index in [4.69, 9.17) is 16.6 Å². The molecule has 0 aliphatic carbocycles. The Labute approximate surface area is 136 Å². The van der Waals surface area contributed by atoms with Gasteiger partial charge in [-0.3, -0.25) is 14.7 Å². The molecule has 1 unspecified atom stereocenters. The zero-order valence-corrected chi connectivity index (χ0v) is 13.8. The van der Waals surface area contributed by atoms with Crippen molar-refractivity contribution < 1.29 is 9.90 Å². The van der Waals surface area contributed by atoms with E-state index in [1.54, 1.807) is 35.7 Å². The zero-order valence-electron chi connectivity index (χ0n) is 11.4. The molecule has 2 aliphatic heterocycles. The molecule has 0 radical (unpaired) electrons. The molecule has 1 N–H and O–H groups in total. The van der Waals surface area contributed by atoms with Crippen LogP contribution in [0.5, 0.6) is 5.75 Å². The minimum Gasteiger partial charge on any atom is -0.507 e. The number of likely N-dealkylation sites (N-methyl/N-ethyl adjacent to an activating group) is 1. The fourth-order valence-electron chi connectivity index (χ4n) is 2.55. The summed E-state index contributed by atoms with van der Waals surface area (Å²) in [7, 11) is 1.92. The van der Waals surface area contributed by atoms with E-state index in [-0.39, 0.29) is 28.4 Å². The fourth-order valence-corrected chi connectivity index (χ4v) is 5.64. The Hall–Kier alpha value is -0.690. The number of phenols is 1. The second-order valence-corrected chi connectivity index (χ2v) is 7.57. The number of aliphatic imine (C=N–C) groups is 1. The molecule has 0 saturated carbocycles. The van der Waals surface area contributed by atoms with Gasteiger partial charge in [-0.25, -0.2) is 0 Å². The van der Waals surface area contributed by atoms with Crippen molar-refractivity contribution in [3.05, 3.63) is 29.8 Å². The Kier molecular flexibility index (Phi) is 4.49. The summed E-state index contributed by atoms with van der Waals surface area (Å²) in [6.07, 6.45) is 0. The van der Waals surface area contributed by atoms with Gasteiger partial charge in [0.15, 0.2) is 0 Å². The molecular weight excluding hydrogens is 328 g/mol.